The van der Waals surface area contributed by atoms with Crippen molar-refractivity contribution in [3.63, 3.8) is 0 Å². The van der Waals surface area contributed by atoms with Crippen LogP contribution in [0.25, 0.3) is 0 Å². The lowest BCUT2D eigenvalue weighted by Crippen LogP contribution is -1.95. The van der Waals surface area contributed by atoms with Crippen molar-refractivity contribution in [3.8, 4) is 0 Å². The van der Waals surface area contributed by atoms with Crippen molar-refractivity contribution in [2.75, 3.05) is 5.73 Å². The lowest BCUT2D eigenvalue weighted by Gasteiger charge is -2.06. The maximum absolute atomic E-state index is 5.79. The molecule has 1 aromatic carbocycles. The molecule has 0 bridgehead atoms. The molecule has 74 valence electrons. The SMILES string of the molecule is CCCCc1cccc(N)c1C.Cl. The summed E-state index contributed by atoms with van der Waals surface area (Å²) in [5, 5.41) is 0. The van der Waals surface area contributed by atoms with E-state index in [-0.39, 0.29) is 12.4 Å². The Morgan fingerprint density at radius 1 is 1.31 bits per heavy atom. The van der Waals surface area contributed by atoms with Crippen LogP contribution in [0, 0.1) is 6.92 Å². The average Bonchev–Trinajstić information content (AvgIpc) is 2.08. The van der Waals surface area contributed by atoms with E-state index in [9.17, 15) is 0 Å². The lowest BCUT2D eigenvalue weighted by molar-refractivity contribution is 0.791. The van der Waals surface area contributed by atoms with Crippen LogP contribution < -0.4 is 5.73 Å². The standard InChI is InChI=1S/C11H17N.ClH/c1-3-4-6-10-7-5-8-11(12)9(10)2;/h5,7-8H,3-4,6,12H2,1-2H3;1H. The lowest BCUT2D eigenvalue weighted by atomic mass is 10.0. The van der Waals surface area contributed by atoms with Crippen molar-refractivity contribution in [2.45, 2.75) is 33.1 Å². The van der Waals surface area contributed by atoms with Gasteiger partial charge in [-0.1, -0.05) is 25.5 Å². The second-order valence-electron chi connectivity index (χ2n) is 3.23. The molecule has 2 heteroatoms. The molecule has 1 aromatic rings. The molecule has 0 aliphatic rings. The molecule has 0 unspecified atom stereocenters. The van der Waals surface area contributed by atoms with E-state index in [1.807, 2.05) is 12.1 Å². The molecular formula is C11H18ClN. The maximum Gasteiger partial charge on any atom is 0.0346 e. The van der Waals surface area contributed by atoms with E-state index >= 15 is 0 Å². The summed E-state index contributed by atoms with van der Waals surface area (Å²) in [7, 11) is 0. The van der Waals surface area contributed by atoms with Gasteiger partial charge < -0.3 is 5.73 Å². The highest BCUT2D eigenvalue weighted by Crippen LogP contribution is 2.17. The molecule has 13 heavy (non-hydrogen) atoms. The Hall–Kier alpha value is -0.690. The number of hydrogen-bond donors (Lipinski definition) is 1. The molecule has 0 fully saturated rings. The number of unbranched alkanes of at least 4 members (excludes halogenated alkanes) is 1. The number of nitrogen functional groups attached to an aromatic ring is 1. The third-order valence-corrected chi connectivity index (χ3v) is 2.29. The van der Waals surface area contributed by atoms with Crippen LogP contribution >= 0.6 is 12.4 Å². The molecule has 0 saturated heterocycles. The minimum atomic E-state index is 0. The highest BCUT2D eigenvalue weighted by molar-refractivity contribution is 5.85. The molecule has 0 aliphatic heterocycles. The molecule has 0 amide bonds. The van der Waals surface area contributed by atoms with Gasteiger partial charge in [0.25, 0.3) is 0 Å². The second-order valence-corrected chi connectivity index (χ2v) is 3.23. The largest absolute Gasteiger partial charge is 0.399 e. The summed E-state index contributed by atoms with van der Waals surface area (Å²) in [5.74, 6) is 0. The summed E-state index contributed by atoms with van der Waals surface area (Å²) in [6.07, 6.45) is 3.66. The van der Waals surface area contributed by atoms with Crippen LogP contribution in [0.3, 0.4) is 0 Å². The summed E-state index contributed by atoms with van der Waals surface area (Å²) in [5.41, 5.74) is 9.37. The third kappa shape index (κ3) is 3.27. The topological polar surface area (TPSA) is 26.0 Å². The smallest absolute Gasteiger partial charge is 0.0346 e. The minimum absolute atomic E-state index is 0. The zero-order chi connectivity index (χ0) is 8.97. The van der Waals surface area contributed by atoms with Gasteiger partial charge in [0.05, 0.1) is 0 Å². The van der Waals surface area contributed by atoms with Crippen LogP contribution in [-0.4, -0.2) is 0 Å². The summed E-state index contributed by atoms with van der Waals surface area (Å²) in [4.78, 5) is 0. The normalized spacial score (nSPS) is 9.38. The van der Waals surface area contributed by atoms with Gasteiger partial charge >= 0.3 is 0 Å². The third-order valence-electron chi connectivity index (χ3n) is 2.29. The molecule has 0 heterocycles. The average molecular weight is 200 g/mol. The molecule has 0 atom stereocenters. The number of nitrogens with two attached hydrogens (primary N) is 1. The van der Waals surface area contributed by atoms with E-state index in [4.69, 9.17) is 5.73 Å². The summed E-state index contributed by atoms with van der Waals surface area (Å²) < 4.78 is 0. The summed E-state index contributed by atoms with van der Waals surface area (Å²) >= 11 is 0. The van der Waals surface area contributed by atoms with Gasteiger partial charge in [0.2, 0.25) is 0 Å². The van der Waals surface area contributed by atoms with Crippen LogP contribution in [0.4, 0.5) is 5.69 Å². The molecule has 0 spiro atoms. The molecular weight excluding hydrogens is 182 g/mol. The van der Waals surface area contributed by atoms with E-state index in [1.165, 1.54) is 24.0 Å². The molecule has 1 rings (SSSR count). The van der Waals surface area contributed by atoms with Crippen molar-refractivity contribution in [2.24, 2.45) is 0 Å². The molecule has 0 saturated carbocycles. The molecule has 2 N–H and O–H groups in total. The predicted molar refractivity (Wildman–Crippen MR) is 61.5 cm³/mol. The number of benzene rings is 1. The zero-order valence-corrected chi connectivity index (χ0v) is 9.16. The van der Waals surface area contributed by atoms with Gasteiger partial charge in [0.15, 0.2) is 0 Å². The fourth-order valence-corrected chi connectivity index (χ4v) is 1.34. The Bertz CT molecular complexity index is 258. The Kier molecular flexibility index (Phi) is 5.56. The minimum Gasteiger partial charge on any atom is -0.399 e. The highest BCUT2D eigenvalue weighted by Gasteiger charge is 1.99. The Morgan fingerprint density at radius 2 is 2.00 bits per heavy atom. The van der Waals surface area contributed by atoms with Gasteiger partial charge in [-0.3, -0.25) is 0 Å². The molecule has 0 aromatic heterocycles. The van der Waals surface area contributed by atoms with Crippen LogP contribution in [0.2, 0.25) is 0 Å². The number of hydrogen-bond acceptors (Lipinski definition) is 1. The molecule has 1 nitrogen and oxygen atoms in total. The molecule has 0 radical (unpaired) electrons. The number of rotatable bonds is 3. The van der Waals surface area contributed by atoms with Crippen molar-refractivity contribution in [1.82, 2.24) is 0 Å². The fourth-order valence-electron chi connectivity index (χ4n) is 1.34. The van der Waals surface area contributed by atoms with E-state index in [0.29, 0.717) is 0 Å². The van der Waals surface area contributed by atoms with E-state index in [2.05, 4.69) is 19.9 Å². The number of aryl methyl sites for hydroxylation is 1. The Labute approximate surface area is 86.7 Å². The quantitative estimate of drug-likeness (QED) is 0.743. The first-order chi connectivity index (χ1) is 5.75. The number of halogens is 1. The van der Waals surface area contributed by atoms with Crippen molar-refractivity contribution < 1.29 is 0 Å². The maximum atomic E-state index is 5.79. The van der Waals surface area contributed by atoms with E-state index in [1.54, 1.807) is 0 Å². The highest BCUT2D eigenvalue weighted by atomic mass is 35.5. The first kappa shape index (κ1) is 12.3. The first-order valence-corrected chi connectivity index (χ1v) is 4.59. The fraction of sp³-hybridized carbons (Fsp3) is 0.455. The van der Waals surface area contributed by atoms with Crippen LogP contribution in [0.1, 0.15) is 30.9 Å². The summed E-state index contributed by atoms with van der Waals surface area (Å²) in [6, 6.07) is 6.17. The first-order valence-electron chi connectivity index (χ1n) is 4.59. The van der Waals surface area contributed by atoms with Gasteiger partial charge in [0.1, 0.15) is 0 Å². The monoisotopic (exact) mass is 199 g/mol. The van der Waals surface area contributed by atoms with Gasteiger partial charge in [-0.15, -0.1) is 12.4 Å². The number of anilines is 1. The Morgan fingerprint density at radius 3 is 2.62 bits per heavy atom. The van der Waals surface area contributed by atoms with Gasteiger partial charge in [-0.25, -0.2) is 0 Å². The van der Waals surface area contributed by atoms with E-state index in [0.717, 1.165) is 12.1 Å². The van der Waals surface area contributed by atoms with Crippen LogP contribution in [0.15, 0.2) is 18.2 Å². The van der Waals surface area contributed by atoms with Crippen LogP contribution in [0.5, 0.6) is 0 Å². The van der Waals surface area contributed by atoms with E-state index < -0.39 is 0 Å². The van der Waals surface area contributed by atoms with Gasteiger partial charge in [-0.05, 0) is 37.0 Å². The second kappa shape index (κ2) is 5.87. The Balaban J connectivity index is 0.00000144. The van der Waals surface area contributed by atoms with Crippen molar-refractivity contribution in [1.29, 1.82) is 0 Å². The van der Waals surface area contributed by atoms with Crippen LogP contribution in [-0.2, 0) is 6.42 Å². The molecule has 0 aliphatic carbocycles. The van der Waals surface area contributed by atoms with Gasteiger partial charge in [0, 0.05) is 5.69 Å². The van der Waals surface area contributed by atoms with Gasteiger partial charge in [-0.2, -0.15) is 0 Å². The summed E-state index contributed by atoms with van der Waals surface area (Å²) in [6.45, 7) is 4.31. The zero-order valence-electron chi connectivity index (χ0n) is 8.34. The van der Waals surface area contributed by atoms with Crippen molar-refractivity contribution in [3.05, 3.63) is 29.3 Å². The van der Waals surface area contributed by atoms with Crippen molar-refractivity contribution >= 4 is 18.1 Å². The predicted octanol–water partition coefficient (Wildman–Crippen LogP) is 3.34.